The molecule has 126 valence electrons. The summed E-state index contributed by atoms with van der Waals surface area (Å²) in [6.45, 7) is 5.92. The molecular weight excluding hydrogens is 335 g/mol. The van der Waals surface area contributed by atoms with Crippen molar-refractivity contribution < 1.29 is 0 Å². The Morgan fingerprint density at radius 1 is 0.958 bits per heavy atom. The number of allylic oxidation sites excluding steroid dienone is 2. The van der Waals surface area contributed by atoms with Gasteiger partial charge in [-0.15, -0.1) is 6.58 Å². The van der Waals surface area contributed by atoms with E-state index in [0.29, 0.717) is 5.03 Å². The van der Waals surface area contributed by atoms with E-state index in [0.717, 1.165) is 36.3 Å². The van der Waals surface area contributed by atoms with Gasteiger partial charge in [0.15, 0.2) is 0 Å². The van der Waals surface area contributed by atoms with E-state index >= 15 is 0 Å². The van der Waals surface area contributed by atoms with Crippen LogP contribution in [0.1, 0.15) is 43.7 Å². The fraction of sp³-hybridized carbons (Fsp3) is 0.273. The first-order valence-electron chi connectivity index (χ1n) is 8.50. The smallest absolute Gasteiger partial charge is 0.0623 e. The largest absolute Gasteiger partial charge is 0.103 e. The molecule has 2 heteroatoms. The lowest BCUT2D eigenvalue weighted by atomic mass is 10.0. The fourth-order valence-corrected chi connectivity index (χ4v) is 3.09. The second-order valence-corrected chi connectivity index (χ2v) is 6.76. The first-order chi connectivity index (χ1) is 11.7. The highest BCUT2D eigenvalue weighted by molar-refractivity contribution is 6.54. The Bertz CT molecular complexity index is 679. The second-order valence-electron chi connectivity index (χ2n) is 5.92. The Labute approximate surface area is 155 Å². The molecule has 2 aromatic carbocycles. The predicted molar refractivity (Wildman–Crippen MR) is 109 cm³/mol. The quantitative estimate of drug-likeness (QED) is 0.333. The summed E-state index contributed by atoms with van der Waals surface area (Å²) in [6, 6.07) is 17.0. The van der Waals surface area contributed by atoms with Gasteiger partial charge in [-0.1, -0.05) is 91.2 Å². The first-order valence-corrected chi connectivity index (χ1v) is 9.26. The van der Waals surface area contributed by atoms with Crippen molar-refractivity contribution in [3.63, 3.8) is 0 Å². The molecule has 0 fully saturated rings. The Kier molecular flexibility index (Phi) is 7.62. The van der Waals surface area contributed by atoms with E-state index in [-0.39, 0.29) is 0 Å². The molecule has 0 N–H and O–H groups in total. The van der Waals surface area contributed by atoms with E-state index in [1.54, 1.807) is 0 Å². The molecule has 0 amide bonds. The number of rotatable bonds is 8. The van der Waals surface area contributed by atoms with Crippen LogP contribution in [0.25, 0.3) is 16.2 Å². The molecule has 0 unspecified atom stereocenters. The Balaban J connectivity index is 2.12. The highest BCUT2D eigenvalue weighted by Crippen LogP contribution is 2.30. The van der Waals surface area contributed by atoms with Crippen LogP contribution in [-0.4, -0.2) is 0 Å². The summed E-state index contributed by atoms with van der Waals surface area (Å²) in [6.07, 6.45) is 6.91. The molecule has 0 aliphatic carbocycles. The minimum absolute atomic E-state index is 0.644. The molecule has 0 atom stereocenters. The third-order valence-corrected chi connectivity index (χ3v) is 4.93. The third kappa shape index (κ3) is 5.26. The van der Waals surface area contributed by atoms with E-state index < -0.39 is 0 Å². The molecule has 2 rings (SSSR count). The van der Waals surface area contributed by atoms with Crippen LogP contribution >= 0.6 is 23.2 Å². The summed E-state index contributed by atoms with van der Waals surface area (Å²) in [5.41, 5.74) is 4.76. The van der Waals surface area contributed by atoms with Gasteiger partial charge in [0.2, 0.25) is 0 Å². The van der Waals surface area contributed by atoms with E-state index in [1.807, 2.05) is 18.2 Å². The molecule has 24 heavy (non-hydrogen) atoms. The van der Waals surface area contributed by atoms with Crippen molar-refractivity contribution in [2.24, 2.45) is 0 Å². The SMILES string of the molecule is C=CCCC/C(Cl)=C(/Cl)c1ccc(-c2ccc(CCC)cc2)cc1. The summed E-state index contributed by atoms with van der Waals surface area (Å²) in [7, 11) is 0. The third-order valence-electron chi connectivity index (χ3n) is 4.01. The predicted octanol–water partition coefficient (Wildman–Crippen LogP) is 7.81. The van der Waals surface area contributed by atoms with Gasteiger partial charge in [0, 0.05) is 5.03 Å². The standard InChI is InChI=1S/C22H24Cl2/c1-3-5-6-8-21(23)22(24)20-15-13-19(14-16-20)18-11-9-17(7-4-2)10-12-18/h3,9-16H,1,4-8H2,2H3/b22-21-. The van der Waals surface area contributed by atoms with E-state index in [4.69, 9.17) is 23.2 Å². The number of hydrogen-bond acceptors (Lipinski definition) is 0. The number of benzene rings is 2. The molecule has 0 spiro atoms. The Morgan fingerprint density at radius 2 is 1.54 bits per heavy atom. The fourth-order valence-electron chi connectivity index (χ4n) is 2.63. The summed E-state index contributed by atoms with van der Waals surface area (Å²) in [4.78, 5) is 0. The lowest BCUT2D eigenvalue weighted by molar-refractivity contribution is 0.862. The summed E-state index contributed by atoms with van der Waals surface area (Å²) in [5, 5.41) is 1.36. The van der Waals surface area contributed by atoms with Crippen LogP contribution in [-0.2, 0) is 6.42 Å². The van der Waals surface area contributed by atoms with E-state index in [2.05, 4.69) is 49.9 Å². The Morgan fingerprint density at radius 3 is 2.08 bits per heavy atom. The average molecular weight is 359 g/mol. The molecule has 0 nitrogen and oxygen atoms in total. The molecular formula is C22H24Cl2. The first kappa shape index (κ1) is 18.8. The molecule has 0 radical (unpaired) electrons. The molecule has 0 bridgehead atoms. The van der Waals surface area contributed by atoms with Gasteiger partial charge in [0.1, 0.15) is 0 Å². The molecule has 0 saturated carbocycles. The summed E-state index contributed by atoms with van der Waals surface area (Å²) in [5.74, 6) is 0. The number of unbranched alkanes of at least 4 members (excludes halogenated alkanes) is 1. The van der Waals surface area contributed by atoms with Gasteiger partial charge >= 0.3 is 0 Å². The van der Waals surface area contributed by atoms with Crippen LogP contribution in [0.3, 0.4) is 0 Å². The average Bonchev–Trinajstić information content (AvgIpc) is 2.62. The molecule has 0 saturated heterocycles. The van der Waals surface area contributed by atoms with Gasteiger partial charge in [-0.25, -0.2) is 0 Å². The van der Waals surface area contributed by atoms with Crippen LogP contribution in [0.4, 0.5) is 0 Å². The van der Waals surface area contributed by atoms with Crippen molar-refractivity contribution in [3.05, 3.63) is 77.3 Å². The van der Waals surface area contributed by atoms with Crippen LogP contribution in [0, 0.1) is 0 Å². The van der Waals surface area contributed by atoms with Gasteiger partial charge in [-0.3, -0.25) is 0 Å². The monoisotopic (exact) mass is 358 g/mol. The van der Waals surface area contributed by atoms with E-state index in [9.17, 15) is 0 Å². The van der Waals surface area contributed by atoms with Crippen molar-refractivity contribution >= 4 is 28.2 Å². The maximum Gasteiger partial charge on any atom is 0.0623 e. The highest BCUT2D eigenvalue weighted by atomic mass is 35.5. The maximum absolute atomic E-state index is 6.41. The van der Waals surface area contributed by atoms with Crippen molar-refractivity contribution in [2.75, 3.05) is 0 Å². The summed E-state index contributed by atoms with van der Waals surface area (Å²) >= 11 is 12.7. The van der Waals surface area contributed by atoms with Crippen molar-refractivity contribution in [1.29, 1.82) is 0 Å². The second kappa shape index (κ2) is 9.71. The number of hydrogen-bond donors (Lipinski definition) is 0. The molecule has 0 aromatic heterocycles. The lowest BCUT2D eigenvalue weighted by Crippen LogP contribution is -1.85. The molecule has 0 aliphatic heterocycles. The van der Waals surface area contributed by atoms with Crippen LogP contribution in [0.2, 0.25) is 0 Å². The van der Waals surface area contributed by atoms with Gasteiger partial charge in [-0.05, 0) is 47.9 Å². The van der Waals surface area contributed by atoms with Crippen LogP contribution < -0.4 is 0 Å². The zero-order valence-electron chi connectivity index (χ0n) is 14.2. The zero-order chi connectivity index (χ0) is 17.4. The molecule has 0 heterocycles. The van der Waals surface area contributed by atoms with Gasteiger partial charge < -0.3 is 0 Å². The van der Waals surface area contributed by atoms with Gasteiger partial charge in [0.25, 0.3) is 0 Å². The van der Waals surface area contributed by atoms with Gasteiger partial charge in [0.05, 0.1) is 5.03 Å². The minimum atomic E-state index is 0.644. The Hall–Kier alpha value is -1.50. The normalized spacial score (nSPS) is 12.0. The highest BCUT2D eigenvalue weighted by Gasteiger charge is 2.06. The lowest BCUT2D eigenvalue weighted by Gasteiger charge is -2.07. The number of halogens is 2. The van der Waals surface area contributed by atoms with Gasteiger partial charge in [-0.2, -0.15) is 0 Å². The van der Waals surface area contributed by atoms with Crippen LogP contribution in [0.5, 0.6) is 0 Å². The summed E-state index contributed by atoms with van der Waals surface area (Å²) < 4.78 is 0. The van der Waals surface area contributed by atoms with Crippen molar-refractivity contribution in [2.45, 2.75) is 39.0 Å². The van der Waals surface area contributed by atoms with Crippen LogP contribution in [0.15, 0.2) is 66.2 Å². The minimum Gasteiger partial charge on any atom is -0.103 e. The maximum atomic E-state index is 6.41. The van der Waals surface area contributed by atoms with Crippen molar-refractivity contribution in [1.82, 2.24) is 0 Å². The van der Waals surface area contributed by atoms with E-state index in [1.165, 1.54) is 23.1 Å². The topological polar surface area (TPSA) is 0 Å². The zero-order valence-corrected chi connectivity index (χ0v) is 15.7. The molecule has 2 aromatic rings. The molecule has 0 aliphatic rings. The number of aryl methyl sites for hydroxylation is 1. The van der Waals surface area contributed by atoms with Crippen molar-refractivity contribution in [3.8, 4) is 11.1 Å².